The summed E-state index contributed by atoms with van der Waals surface area (Å²) >= 11 is 6.48. The van der Waals surface area contributed by atoms with Gasteiger partial charge in [-0.25, -0.2) is 13.8 Å². The first-order chi connectivity index (χ1) is 13.2. The number of alkyl halides is 3. The summed E-state index contributed by atoms with van der Waals surface area (Å²) in [5.41, 5.74) is -1.53. The molecule has 3 aromatic rings. The number of aromatic nitrogens is 2. The fourth-order valence-electron chi connectivity index (χ4n) is 2.12. The Labute approximate surface area is 165 Å². The second kappa shape index (κ2) is 8.32. The van der Waals surface area contributed by atoms with Gasteiger partial charge in [-0.1, -0.05) is 35.5 Å². The summed E-state index contributed by atoms with van der Waals surface area (Å²) in [6.45, 7) is 0. The van der Waals surface area contributed by atoms with E-state index < -0.39 is 23.5 Å². The van der Waals surface area contributed by atoms with E-state index in [1.807, 2.05) is 0 Å². The van der Waals surface area contributed by atoms with Crippen LogP contribution in [0.5, 0.6) is 11.6 Å². The minimum Gasteiger partial charge on any atom is -0.439 e. The Kier molecular flexibility index (Phi) is 6.04. The highest BCUT2D eigenvalue weighted by Crippen LogP contribution is 2.34. The Hall–Kier alpha value is -2.39. The Bertz CT molecular complexity index is 980. The highest BCUT2D eigenvalue weighted by atomic mass is 35.5. The summed E-state index contributed by atoms with van der Waals surface area (Å²) in [7, 11) is 0. The number of ether oxygens (including phenoxy) is 1. The van der Waals surface area contributed by atoms with E-state index in [1.54, 1.807) is 12.1 Å². The van der Waals surface area contributed by atoms with E-state index in [9.17, 15) is 22.0 Å². The van der Waals surface area contributed by atoms with Gasteiger partial charge in [0.25, 0.3) is 0 Å². The van der Waals surface area contributed by atoms with Gasteiger partial charge in [0.1, 0.15) is 17.4 Å². The van der Waals surface area contributed by atoms with Gasteiger partial charge < -0.3 is 4.74 Å². The molecule has 0 aliphatic heterocycles. The molecule has 0 unspecified atom stereocenters. The number of rotatable bonds is 5. The van der Waals surface area contributed by atoms with Crippen LogP contribution >= 0.6 is 23.4 Å². The molecule has 0 bridgehead atoms. The molecular weight excluding hydrogens is 423 g/mol. The number of nitrogens with zero attached hydrogens (tertiary/aromatic N) is 2. The van der Waals surface area contributed by atoms with Crippen LogP contribution in [0.2, 0.25) is 5.02 Å². The minimum atomic E-state index is -4.76. The molecule has 0 N–H and O–H groups in total. The number of hydrogen-bond donors (Lipinski definition) is 0. The lowest BCUT2D eigenvalue weighted by Crippen LogP contribution is -2.10. The van der Waals surface area contributed by atoms with Crippen LogP contribution < -0.4 is 4.74 Å². The highest BCUT2D eigenvalue weighted by Gasteiger charge is 2.34. The molecule has 0 saturated heterocycles. The second-order valence-corrected chi connectivity index (χ2v) is 6.80. The van der Waals surface area contributed by atoms with Gasteiger partial charge in [-0.3, -0.25) is 0 Å². The average Bonchev–Trinajstić information content (AvgIpc) is 2.60. The van der Waals surface area contributed by atoms with E-state index in [4.69, 9.17) is 16.3 Å². The van der Waals surface area contributed by atoms with Crippen molar-refractivity contribution in [1.82, 2.24) is 9.97 Å². The molecule has 0 aliphatic rings. The molecule has 10 heteroatoms. The van der Waals surface area contributed by atoms with Crippen LogP contribution in [0, 0.1) is 11.6 Å². The molecule has 2 aromatic carbocycles. The third-order valence-corrected chi connectivity index (χ3v) is 4.51. The van der Waals surface area contributed by atoms with Crippen LogP contribution in [0.25, 0.3) is 0 Å². The molecular formula is C18H10ClF5N2OS. The molecule has 0 radical (unpaired) electrons. The molecule has 3 nitrogen and oxygen atoms in total. The van der Waals surface area contributed by atoms with Crippen molar-refractivity contribution in [3.63, 3.8) is 0 Å². The van der Waals surface area contributed by atoms with Gasteiger partial charge >= 0.3 is 6.18 Å². The number of thioether (sulfide) groups is 1. The van der Waals surface area contributed by atoms with Gasteiger partial charge in [0.15, 0.2) is 10.9 Å². The van der Waals surface area contributed by atoms with Gasteiger partial charge in [0.05, 0.1) is 0 Å². The highest BCUT2D eigenvalue weighted by molar-refractivity contribution is 7.98. The SMILES string of the molecule is Fc1cccc(F)c1CSc1nc(Oc2cccc(Cl)c2)cc(C(F)(F)F)n1. The van der Waals surface area contributed by atoms with Gasteiger partial charge in [0.2, 0.25) is 5.88 Å². The largest absolute Gasteiger partial charge is 0.439 e. The molecule has 0 amide bonds. The molecule has 146 valence electrons. The van der Waals surface area contributed by atoms with Crippen molar-refractivity contribution in [1.29, 1.82) is 0 Å². The summed E-state index contributed by atoms with van der Waals surface area (Å²) in [6.07, 6.45) is -4.76. The maximum Gasteiger partial charge on any atom is 0.433 e. The van der Waals surface area contributed by atoms with E-state index in [0.29, 0.717) is 22.9 Å². The summed E-state index contributed by atoms with van der Waals surface area (Å²) in [5.74, 6) is -2.11. The Balaban J connectivity index is 1.89. The normalized spacial score (nSPS) is 11.5. The zero-order chi connectivity index (χ0) is 20.3. The first kappa shape index (κ1) is 20.3. The molecule has 0 aliphatic carbocycles. The van der Waals surface area contributed by atoms with Gasteiger partial charge in [-0.15, -0.1) is 0 Å². The van der Waals surface area contributed by atoms with Crippen molar-refractivity contribution in [2.45, 2.75) is 17.1 Å². The number of halogens is 6. The summed E-state index contributed by atoms with van der Waals surface area (Å²) in [4.78, 5) is 7.30. The van der Waals surface area contributed by atoms with Crippen LogP contribution in [0.15, 0.2) is 53.7 Å². The number of benzene rings is 2. The molecule has 0 saturated carbocycles. The number of hydrogen-bond acceptors (Lipinski definition) is 4. The Morgan fingerprint density at radius 3 is 2.29 bits per heavy atom. The molecule has 0 spiro atoms. The van der Waals surface area contributed by atoms with Crippen molar-refractivity contribution < 1.29 is 26.7 Å². The van der Waals surface area contributed by atoms with E-state index in [0.717, 1.165) is 12.1 Å². The lowest BCUT2D eigenvalue weighted by Gasteiger charge is -2.11. The Morgan fingerprint density at radius 2 is 1.64 bits per heavy atom. The summed E-state index contributed by atoms with van der Waals surface area (Å²) in [6, 6.07) is 9.95. The molecule has 28 heavy (non-hydrogen) atoms. The minimum absolute atomic E-state index is 0.176. The topological polar surface area (TPSA) is 35.0 Å². The fourth-order valence-corrected chi connectivity index (χ4v) is 3.17. The van der Waals surface area contributed by atoms with Crippen molar-refractivity contribution >= 4 is 23.4 Å². The van der Waals surface area contributed by atoms with Crippen molar-refractivity contribution in [2.75, 3.05) is 0 Å². The Morgan fingerprint density at radius 1 is 0.964 bits per heavy atom. The molecule has 0 fully saturated rings. The van der Waals surface area contributed by atoms with Crippen LogP contribution in [0.1, 0.15) is 11.3 Å². The third kappa shape index (κ3) is 5.11. The monoisotopic (exact) mass is 432 g/mol. The first-order valence-corrected chi connectivity index (χ1v) is 9.04. The average molecular weight is 433 g/mol. The van der Waals surface area contributed by atoms with Crippen LogP contribution in [-0.2, 0) is 11.9 Å². The predicted octanol–water partition coefficient (Wildman–Crippen LogP) is 6.51. The third-order valence-electron chi connectivity index (χ3n) is 3.40. The summed E-state index contributed by atoms with van der Waals surface area (Å²) in [5, 5.41) is -0.0123. The lowest BCUT2D eigenvalue weighted by atomic mass is 10.2. The van der Waals surface area contributed by atoms with Crippen molar-refractivity contribution in [2.24, 2.45) is 0 Å². The van der Waals surface area contributed by atoms with E-state index in [-0.39, 0.29) is 28.1 Å². The smallest absolute Gasteiger partial charge is 0.433 e. The zero-order valence-electron chi connectivity index (χ0n) is 13.8. The van der Waals surface area contributed by atoms with E-state index >= 15 is 0 Å². The van der Waals surface area contributed by atoms with Crippen LogP contribution in [0.3, 0.4) is 0 Å². The van der Waals surface area contributed by atoms with Crippen LogP contribution in [-0.4, -0.2) is 9.97 Å². The first-order valence-electron chi connectivity index (χ1n) is 7.68. The van der Waals surface area contributed by atoms with Gasteiger partial charge in [-0.2, -0.15) is 18.2 Å². The molecule has 3 rings (SSSR count). The van der Waals surface area contributed by atoms with Crippen molar-refractivity contribution in [3.8, 4) is 11.6 Å². The fraction of sp³-hybridized carbons (Fsp3) is 0.111. The lowest BCUT2D eigenvalue weighted by molar-refractivity contribution is -0.141. The van der Waals surface area contributed by atoms with Gasteiger partial charge in [-0.05, 0) is 30.3 Å². The van der Waals surface area contributed by atoms with E-state index in [1.165, 1.54) is 18.2 Å². The summed E-state index contributed by atoms with van der Waals surface area (Å²) < 4.78 is 72.2. The maximum atomic E-state index is 13.7. The zero-order valence-corrected chi connectivity index (χ0v) is 15.4. The van der Waals surface area contributed by atoms with Crippen LogP contribution in [0.4, 0.5) is 22.0 Å². The predicted molar refractivity (Wildman–Crippen MR) is 94.5 cm³/mol. The van der Waals surface area contributed by atoms with Gasteiger partial charge in [0, 0.05) is 22.4 Å². The molecule has 1 heterocycles. The molecule has 1 aromatic heterocycles. The van der Waals surface area contributed by atoms with Crippen molar-refractivity contribution in [3.05, 3.63) is 76.4 Å². The van der Waals surface area contributed by atoms with E-state index in [2.05, 4.69) is 9.97 Å². The quantitative estimate of drug-likeness (QED) is 0.261. The maximum absolute atomic E-state index is 13.7. The molecule has 0 atom stereocenters. The second-order valence-electron chi connectivity index (χ2n) is 5.42. The standard InChI is InChI=1S/C18H10ClF5N2OS/c19-10-3-1-4-11(7-10)27-16-8-15(18(22,23)24)25-17(26-16)28-9-12-13(20)5-2-6-14(12)21/h1-8H,9H2.